The van der Waals surface area contributed by atoms with Gasteiger partial charge in [0.2, 0.25) is 0 Å². The molecule has 0 heterocycles. The van der Waals surface area contributed by atoms with Gasteiger partial charge in [-0.05, 0) is 12.0 Å². The van der Waals surface area contributed by atoms with E-state index < -0.39 is 0 Å². The van der Waals surface area contributed by atoms with Crippen molar-refractivity contribution in [3.63, 3.8) is 0 Å². The molecule has 2 nitrogen and oxygen atoms in total. The maximum Gasteiger partial charge on any atom is 0.319 e. The molecule has 0 radical (unpaired) electrons. The summed E-state index contributed by atoms with van der Waals surface area (Å²) in [5.41, 5.74) is 0.998. The Morgan fingerprint density at radius 2 is 2.07 bits per heavy atom. The van der Waals surface area contributed by atoms with Gasteiger partial charge in [-0.15, -0.1) is 0 Å². The molecule has 1 aromatic carbocycles. The average Bonchev–Trinajstić information content (AvgIpc) is 2.26. The maximum absolute atomic E-state index is 11.2. The Morgan fingerprint density at radius 1 is 1.43 bits per heavy atom. The molecule has 0 amide bonds. The highest BCUT2D eigenvalue weighted by Gasteiger charge is 2.12. The van der Waals surface area contributed by atoms with Crippen LogP contribution in [0.4, 0.5) is 0 Å². The molecule has 0 aliphatic carbocycles. The Bertz CT molecular complexity index is 285. The quantitative estimate of drug-likeness (QED) is 0.610. The molecule has 1 atom stereocenters. The van der Waals surface area contributed by atoms with Crippen molar-refractivity contribution >= 4 is 18.6 Å². The van der Waals surface area contributed by atoms with Gasteiger partial charge in [-0.1, -0.05) is 37.3 Å². The van der Waals surface area contributed by atoms with E-state index in [1.165, 1.54) is 0 Å². The van der Waals surface area contributed by atoms with Gasteiger partial charge in [0.25, 0.3) is 0 Å². The van der Waals surface area contributed by atoms with E-state index in [2.05, 4.69) is 12.6 Å². The Labute approximate surface area is 89.7 Å². The lowest BCUT2D eigenvalue weighted by Crippen LogP contribution is -2.16. The van der Waals surface area contributed by atoms with Crippen LogP contribution in [0.3, 0.4) is 0 Å². The van der Waals surface area contributed by atoms with Crippen molar-refractivity contribution in [1.82, 2.24) is 0 Å². The van der Waals surface area contributed by atoms with Gasteiger partial charge in [0.1, 0.15) is 6.61 Å². The van der Waals surface area contributed by atoms with E-state index in [4.69, 9.17) is 4.74 Å². The normalized spacial score (nSPS) is 12.1. The number of thiol groups is 1. The molecule has 3 heteroatoms. The van der Waals surface area contributed by atoms with Crippen LogP contribution >= 0.6 is 12.6 Å². The first-order chi connectivity index (χ1) is 6.74. The van der Waals surface area contributed by atoms with Crippen molar-refractivity contribution in [3.05, 3.63) is 35.9 Å². The number of ether oxygens (including phenoxy) is 1. The number of carbonyl (C=O) groups is 1. The van der Waals surface area contributed by atoms with Crippen LogP contribution in [0.5, 0.6) is 0 Å². The fourth-order valence-corrected chi connectivity index (χ4v) is 1.07. The van der Waals surface area contributed by atoms with E-state index in [-0.39, 0.29) is 11.2 Å². The van der Waals surface area contributed by atoms with Gasteiger partial charge in [-0.25, -0.2) is 0 Å². The minimum Gasteiger partial charge on any atom is -0.460 e. The van der Waals surface area contributed by atoms with Crippen molar-refractivity contribution in [3.8, 4) is 0 Å². The van der Waals surface area contributed by atoms with E-state index >= 15 is 0 Å². The maximum atomic E-state index is 11.2. The van der Waals surface area contributed by atoms with Gasteiger partial charge in [0.15, 0.2) is 0 Å². The van der Waals surface area contributed by atoms with Crippen LogP contribution in [-0.4, -0.2) is 11.2 Å². The third kappa shape index (κ3) is 3.42. The van der Waals surface area contributed by atoms with Crippen LogP contribution < -0.4 is 0 Å². The number of hydrogen-bond donors (Lipinski definition) is 1. The molecule has 0 aliphatic rings. The lowest BCUT2D eigenvalue weighted by Gasteiger charge is -2.08. The molecule has 0 fully saturated rings. The lowest BCUT2D eigenvalue weighted by atomic mass is 10.2. The predicted molar refractivity (Wildman–Crippen MR) is 59.3 cm³/mol. The van der Waals surface area contributed by atoms with E-state index in [1.807, 2.05) is 37.3 Å². The molecule has 1 unspecified atom stereocenters. The minimum absolute atomic E-state index is 0.250. The van der Waals surface area contributed by atoms with Crippen LogP contribution in [0, 0.1) is 0 Å². The summed E-state index contributed by atoms with van der Waals surface area (Å²) >= 11 is 4.10. The topological polar surface area (TPSA) is 26.3 Å². The molecule has 14 heavy (non-hydrogen) atoms. The summed E-state index contributed by atoms with van der Waals surface area (Å²) < 4.78 is 5.07. The zero-order valence-electron chi connectivity index (χ0n) is 8.14. The van der Waals surface area contributed by atoms with Gasteiger partial charge in [-0.2, -0.15) is 12.6 Å². The van der Waals surface area contributed by atoms with Crippen LogP contribution in [0.1, 0.15) is 18.9 Å². The molecule has 76 valence electrons. The first-order valence-corrected chi connectivity index (χ1v) is 5.14. The van der Waals surface area contributed by atoms with Gasteiger partial charge >= 0.3 is 5.97 Å². The molecule has 0 spiro atoms. The van der Waals surface area contributed by atoms with Gasteiger partial charge in [0, 0.05) is 0 Å². The van der Waals surface area contributed by atoms with Crippen molar-refractivity contribution in [2.75, 3.05) is 0 Å². The Morgan fingerprint density at radius 3 is 2.64 bits per heavy atom. The number of benzene rings is 1. The first-order valence-electron chi connectivity index (χ1n) is 4.62. The largest absolute Gasteiger partial charge is 0.460 e. The van der Waals surface area contributed by atoms with Crippen LogP contribution in [0.15, 0.2) is 30.3 Å². The molecule has 1 rings (SSSR count). The summed E-state index contributed by atoms with van der Waals surface area (Å²) in [6.07, 6.45) is 0.691. The van der Waals surface area contributed by atoms with Gasteiger partial charge < -0.3 is 4.74 Å². The average molecular weight is 210 g/mol. The van der Waals surface area contributed by atoms with Crippen molar-refractivity contribution in [2.24, 2.45) is 0 Å². The second kappa shape index (κ2) is 5.70. The molecule has 1 aromatic rings. The van der Waals surface area contributed by atoms with Crippen LogP contribution in [0.25, 0.3) is 0 Å². The monoisotopic (exact) mass is 210 g/mol. The molecule has 0 aliphatic heterocycles. The first kappa shape index (κ1) is 11.1. The standard InChI is InChI=1S/C11H14O2S/c1-2-10(14)11(12)13-8-9-6-4-3-5-7-9/h3-7,10,14H,2,8H2,1H3. The van der Waals surface area contributed by atoms with Gasteiger partial charge in [0.05, 0.1) is 5.25 Å². The molecule has 0 saturated carbocycles. The van der Waals surface area contributed by atoms with E-state index in [0.717, 1.165) is 5.56 Å². The van der Waals surface area contributed by atoms with Gasteiger partial charge in [-0.3, -0.25) is 4.79 Å². The Balaban J connectivity index is 2.38. The molecule has 0 bridgehead atoms. The highest BCUT2D eigenvalue weighted by molar-refractivity contribution is 7.81. The zero-order chi connectivity index (χ0) is 10.4. The molecule has 0 aromatic heterocycles. The Kier molecular flexibility index (Phi) is 4.53. The summed E-state index contributed by atoms with van der Waals surface area (Å²) in [6.45, 7) is 2.23. The number of esters is 1. The molecule has 0 saturated heterocycles. The summed E-state index contributed by atoms with van der Waals surface area (Å²) in [6, 6.07) is 9.61. The summed E-state index contributed by atoms with van der Waals surface area (Å²) in [4.78, 5) is 11.2. The van der Waals surface area contributed by atoms with Crippen LogP contribution in [0.2, 0.25) is 0 Å². The fourth-order valence-electron chi connectivity index (χ4n) is 0.992. The highest BCUT2D eigenvalue weighted by atomic mass is 32.1. The molecule has 0 N–H and O–H groups in total. The predicted octanol–water partition coefficient (Wildman–Crippen LogP) is 2.44. The summed E-state index contributed by atoms with van der Waals surface area (Å²) in [7, 11) is 0. The van der Waals surface area contributed by atoms with Crippen molar-refractivity contribution in [1.29, 1.82) is 0 Å². The third-order valence-electron chi connectivity index (χ3n) is 1.88. The second-order valence-corrected chi connectivity index (χ2v) is 3.64. The third-order valence-corrected chi connectivity index (χ3v) is 2.46. The van der Waals surface area contributed by atoms with E-state index in [1.54, 1.807) is 0 Å². The Hall–Kier alpha value is -0.960. The smallest absolute Gasteiger partial charge is 0.319 e. The lowest BCUT2D eigenvalue weighted by molar-refractivity contribution is -0.144. The number of hydrogen-bond acceptors (Lipinski definition) is 3. The number of carbonyl (C=O) groups excluding carboxylic acids is 1. The fraction of sp³-hybridized carbons (Fsp3) is 0.364. The second-order valence-electron chi connectivity index (χ2n) is 3.02. The van der Waals surface area contributed by atoms with Crippen molar-refractivity contribution in [2.45, 2.75) is 25.2 Å². The SMILES string of the molecule is CCC(S)C(=O)OCc1ccccc1. The molecular formula is C11H14O2S. The number of rotatable bonds is 4. The van der Waals surface area contributed by atoms with E-state index in [0.29, 0.717) is 13.0 Å². The van der Waals surface area contributed by atoms with Crippen LogP contribution in [-0.2, 0) is 16.1 Å². The summed E-state index contributed by atoms with van der Waals surface area (Å²) in [5, 5.41) is -0.307. The molecular weight excluding hydrogens is 196 g/mol. The highest BCUT2D eigenvalue weighted by Crippen LogP contribution is 2.06. The van der Waals surface area contributed by atoms with Crippen molar-refractivity contribution < 1.29 is 9.53 Å². The minimum atomic E-state index is -0.307. The zero-order valence-corrected chi connectivity index (χ0v) is 9.04. The van der Waals surface area contributed by atoms with E-state index in [9.17, 15) is 4.79 Å². The summed E-state index contributed by atoms with van der Waals surface area (Å²) in [5.74, 6) is -0.250.